The van der Waals surface area contributed by atoms with Gasteiger partial charge in [-0.15, -0.1) is 0 Å². The van der Waals surface area contributed by atoms with E-state index in [1.807, 2.05) is 55.5 Å². The molecule has 4 aromatic rings. The summed E-state index contributed by atoms with van der Waals surface area (Å²) in [7, 11) is 0. The van der Waals surface area contributed by atoms with Crippen molar-refractivity contribution in [2.45, 2.75) is 39.1 Å². The van der Waals surface area contributed by atoms with Crippen LogP contribution < -0.4 is 32.0 Å². The van der Waals surface area contributed by atoms with Crippen LogP contribution in [0.15, 0.2) is 138 Å². The maximum atomic E-state index is 6.05. The van der Waals surface area contributed by atoms with Crippen LogP contribution in [-0.2, 0) is 11.3 Å². The number of rotatable bonds is 10. The van der Waals surface area contributed by atoms with Gasteiger partial charge in [0.25, 0.3) is 6.85 Å². The van der Waals surface area contributed by atoms with Crippen molar-refractivity contribution < 1.29 is 4.74 Å². The lowest BCUT2D eigenvalue weighted by Crippen LogP contribution is -2.45. The molecule has 8 nitrogen and oxygen atoms in total. The highest BCUT2D eigenvalue weighted by molar-refractivity contribution is 6.72. The zero-order valence-electron chi connectivity index (χ0n) is 29.1. The molecule has 5 N–H and O–H groups in total. The molecule has 0 aromatic heterocycles. The van der Waals surface area contributed by atoms with Crippen LogP contribution in [0.1, 0.15) is 42.9 Å². The number of allylic oxidation sites excluding steroid dienone is 1. The molecule has 3 aliphatic rings. The van der Waals surface area contributed by atoms with Crippen molar-refractivity contribution in [3.8, 4) is 0 Å². The summed E-state index contributed by atoms with van der Waals surface area (Å²) in [6.45, 7) is 12.7. The third-order valence-corrected chi connectivity index (χ3v) is 9.14. The summed E-state index contributed by atoms with van der Waals surface area (Å²) in [6.07, 6.45) is 4.36. The minimum absolute atomic E-state index is 0.0933. The number of fused-ring (bicyclic) bond motifs is 10. The van der Waals surface area contributed by atoms with Gasteiger partial charge < -0.3 is 31.2 Å². The maximum absolute atomic E-state index is 6.05. The van der Waals surface area contributed by atoms with E-state index < -0.39 is 0 Å². The lowest BCUT2D eigenvalue weighted by molar-refractivity contribution is 0.155. The molecule has 10 heteroatoms. The number of guanidine groups is 1. The van der Waals surface area contributed by atoms with E-state index in [1.165, 1.54) is 28.7 Å². The van der Waals surface area contributed by atoms with Crippen molar-refractivity contribution >= 4 is 58.5 Å². The molecule has 0 radical (unpaired) electrons. The van der Waals surface area contributed by atoms with Gasteiger partial charge in [0.15, 0.2) is 0 Å². The van der Waals surface area contributed by atoms with Crippen LogP contribution in [0.4, 0.5) is 11.4 Å². The molecule has 2 aliphatic heterocycles. The topological polar surface area (TPSA) is 94.1 Å². The summed E-state index contributed by atoms with van der Waals surface area (Å²) in [5.74, 6) is 1.69. The SMILES string of the molecule is C=C(NC1=NC(C)=NCCOCCB(NC(=C2CCC2)c2ccccc2)c2ccc(cc2)N1)Nc1ccc(C(=C)NCc2ccc(Cl)cc2)cc1. The molecule has 0 atom stereocenters. The molecule has 0 unspecified atom stereocenters. The van der Waals surface area contributed by atoms with Gasteiger partial charge in [0.2, 0.25) is 5.96 Å². The first-order chi connectivity index (χ1) is 24.9. The zero-order valence-corrected chi connectivity index (χ0v) is 29.9. The Bertz CT molecular complexity index is 1880. The second-order valence-corrected chi connectivity index (χ2v) is 13.1. The van der Waals surface area contributed by atoms with E-state index in [0.717, 1.165) is 52.4 Å². The van der Waals surface area contributed by atoms with Crippen molar-refractivity contribution in [3.05, 3.63) is 149 Å². The van der Waals surface area contributed by atoms with Crippen LogP contribution >= 0.6 is 11.6 Å². The van der Waals surface area contributed by atoms with Gasteiger partial charge in [-0.2, -0.15) is 0 Å². The highest BCUT2D eigenvalue weighted by Gasteiger charge is 2.23. The summed E-state index contributed by atoms with van der Waals surface area (Å²) in [5.41, 5.74) is 9.90. The van der Waals surface area contributed by atoms with E-state index in [0.29, 0.717) is 43.9 Å². The summed E-state index contributed by atoms with van der Waals surface area (Å²) < 4.78 is 6.05. The molecule has 1 aliphatic carbocycles. The number of benzene rings is 4. The Labute approximate surface area is 307 Å². The number of hydrogen-bond acceptors (Lipinski definition) is 8. The number of amidine groups is 1. The van der Waals surface area contributed by atoms with Gasteiger partial charge in [0, 0.05) is 40.9 Å². The fourth-order valence-corrected chi connectivity index (χ4v) is 6.03. The molecule has 2 bridgehead atoms. The molecule has 0 amide bonds. The Balaban J connectivity index is 1.11. The Kier molecular flexibility index (Phi) is 12.3. The molecular formula is C41H45BClN7O. The number of nitrogens with one attached hydrogen (secondary N) is 5. The zero-order chi connectivity index (χ0) is 35.4. The van der Waals surface area contributed by atoms with Crippen LogP contribution in [-0.4, -0.2) is 38.4 Å². The first kappa shape index (κ1) is 35.6. The van der Waals surface area contributed by atoms with Crippen LogP contribution in [0.2, 0.25) is 11.3 Å². The lowest BCUT2D eigenvalue weighted by Gasteiger charge is -2.27. The minimum Gasteiger partial charge on any atom is -0.423 e. The van der Waals surface area contributed by atoms with Gasteiger partial charge in [-0.1, -0.05) is 97.0 Å². The number of anilines is 2. The third-order valence-electron chi connectivity index (χ3n) is 8.89. The molecule has 1 saturated carbocycles. The second kappa shape index (κ2) is 17.6. The van der Waals surface area contributed by atoms with E-state index in [-0.39, 0.29) is 6.85 Å². The lowest BCUT2D eigenvalue weighted by atomic mass is 9.53. The van der Waals surface area contributed by atoms with Crippen LogP contribution in [0, 0.1) is 0 Å². The molecule has 7 rings (SSSR count). The largest absolute Gasteiger partial charge is 0.423 e. The third kappa shape index (κ3) is 10.4. The predicted octanol–water partition coefficient (Wildman–Crippen LogP) is 7.87. The highest BCUT2D eigenvalue weighted by Crippen LogP contribution is 2.32. The van der Waals surface area contributed by atoms with Crippen molar-refractivity contribution in [1.82, 2.24) is 15.9 Å². The smallest absolute Gasteiger partial charge is 0.288 e. The van der Waals surface area contributed by atoms with Crippen molar-refractivity contribution in [2.75, 3.05) is 30.4 Å². The number of hydrogen-bond donors (Lipinski definition) is 5. The summed E-state index contributed by atoms with van der Waals surface area (Å²) in [4.78, 5) is 9.37. The Morgan fingerprint density at radius 2 is 1.61 bits per heavy atom. The Hall–Kier alpha value is -5.25. The number of aliphatic imine (C=N–C) groups is 2. The van der Waals surface area contributed by atoms with Crippen molar-refractivity contribution in [3.63, 3.8) is 0 Å². The molecule has 1 fully saturated rings. The van der Waals surface area contributed by atoms with Crippen LogP contribution in [0.25, 0.3) is 11.4 Å². The molecule has 0 spiro atoms. The summed E-state index contributed by atoms with van der Waals surface area (Å²) in [6, 6.07) is 34.9. The molecular weight excluding hydrogens is 653 g/mol. The molecule has 2 heterocycles. The van der Waals surface area contributed by atoms with Crippen LogP contribution in [0.3, 0.4) is 0 Å². The fraction of sp³-hybridized carbons (Fsp3) is 0.220. The normalized spacial score (nSPS) is 14.8. The van der Waals surface area contributed by atoms with E-state index in [9.17, 15) is 0 Å². The Morgan fingerprint density at radius 3 is 2.31 bits per heavy atom. The van der Waals surface area contributed by atoms with Gasteiger partial charge >= 0.3 is 0 Å². The van der Waals surface area contributed by atoms with Gasteiger partial charge in [0.1, 0.15) is 11.7 Å². The van der Waals surface area contributed by atoms with Gasteiger partial charge in [-0.3, -0.25) is 4.99 Å². The molecule has 0 saturated heterocycles. The standard InChI is InChI=1S/C41H45BClN7O/c1-29(45-28-32-12-18-37(43)19-13-32)33-14-20-38(21-15-33)46-31(3)48-41-47-30(2)44-25-27-51-26-24-42(36-16-22-39(49-41)23-17-36)50-40(35-10-7-11-35)34-8-5-4-6-9-34/h4-6,8-9,12-23,45-46,50H,1,3,7,10-11,24-28H2,2H3,(H2,44,47,48,49). The maximum Gasteiger partial charge on any atom is 0.288 e. The monoisotopic (exact) mass is 697 g/mol. The molecule has 51 heavy (non-hydrogen) atoms. The minimum atomic E-state index is 0.0933. The molecule has 4 aromatic carbocycles. The predicted molar refractivity (Wildman–Crippen MR) is 217 cm³/mol. The van der Waals surface area contributed by atoms with Crippen molar-refractivity contribution in [1.29, 1.82) is 0 Å². The number of halogens is 1. The molecule has 260 valence electrons. The summed E-state index contributed by atoms with van der Waals surface area (Å²) in [5, 5.41) is 18.1. The van der Waals surface area contributed by atoms with E-state index in [2.05, 4.69) is 99.2 Å². The quantitative estimate of drug-likeness (QED) is 0.108. The van der Waals surface area contributed by atoms with Gasteiger partial charge in [-0.25, -0.2) is 4.99 Å². The van der Waals surface area contributed by atoms with Gasteiger partial charge in [-0.05, 0) is 91.2 Å². The number of nitrogens with zero attached hydrogens (tertiary/aromatic N) is 2. The first-order valence-corrected chi connectivity index (χ1v) is 17.9. The average molecular weight is 698 g/mol. The number of ether oxygens (including phenoxy) is 1. The average Bonchev–Trinajstić information content (AvgIpc) is 3.12. The summed E-state index contributed by atoms with van der Waals surface area (Å²) >= 11 is 6.01. The second-order valence-electron chi connectivity index (χ2n) is 12.7. The van der Waals surface area contributed by atoms with Gasteiger partial charge in [0.05, 0.1) is 13.2 Å². The first-order valence-electron chi connectivity index (χ1n) is 17.5. The van der Waals surface area contributed by atoms with E-state index >= 15 is 0 Å². The van der Waals surface area contributed by atoms with E-state index in [1.54, 1.807) is 0 Å². The Morgan fingerprint density at radius 1 is 0.863 bits per heavy atom. The van der Waals surface area contributed by atoms with Crippen LogP contribution in [0.5, 0.6) is 0 Å². The van der Waals surface area contributed by atoms with Crippen molar-refractivity contribution in [2.24, 2.45) is 9.98 Å². The van der Waals surface area contributed by atoms with E-state index in [4.69, 9.17) is 21.3 Å². The highest BCUT2D eigenvalue weighted by atomic mass is 35.5. The fourth-order valence-electron chi connectivity index (χ4n) is 5.91.